The van der Waals surface area contributed by atoms with Crippen molar-refractivity contribution in [2.24, 2.45) is 5.92 Å². The minimum atomic E-state index is 0.771. The van der Waals surface area contributed by atoms with Gasteiger partial charge in [-0.1, -0.05) is 49.3 Å². The van der Waals surface area contributed by atoms with Crippen LogP contribution in [0.15, 0.2) is 52.3 Å². The summed E-state index contributed by atoms with van der Waals surface area (Å²) in [5.74, 6) is 0.771. The number of benzene rings is 2. The SMILES string of the molecule is CC(C)CC[N+](C)(C)CCCN1c2ccccc2Sc2ccc(Cl)cc21. The second-order valence-corrected chi connectivity index (χ2v) is 9.77. The number of anilines is 2. The van der Waals surface area contributed by atoms with Crippen LogP contribution in [0.4, 0.5) is 11.4 Å². The highest BCUT2D eigenvalue weighted by Gasteiger charge is 2.24. The van der Waals surface area contributed by atoms with E-state index in [4.69, 9.17) is 11.6 Å². The van der Waals surface area contributed by atoms with Gasteiger partial charge in [0, 0.05) is 27.8 Å². The van der Waals surface area contributed by atoms with Gasteiger partial charge in [-0.15, -0.1) is 0 Å². The van der Waals surface area contributed by atoms with E-state index in [2.05, 4.69) is 69.2 Å². The van der Waals surface area contributed by atoms with Gasteiger partial charge in [0.05, 0.1) is 38.6 Å². The third-order valence-corrected chi connectivity index (χ3v) is 6.41. The summed E-state index contributed by atoms with van der Waals surface area (Å²) in [5.41, 5.74) is 2.55. The van der Waals surface area contributed by atoms with Crippen molar-refractivity contribution in [2.75, 3.05) is 38.6 Å². The first-order chi connectivity index (χ1) is 12.4. The number of rotatable bonds is 7. The molecule has 0 N–H and O–H groups in total. The number of quaternary nitrogens is 1. The average molecular weight is 390 g/mol. The molecule has 2 aromatic rings. The molecule has 0 radical (unpaired) electrons. The maximum Gasteiger partial charge on any atom is 0.0799 e. The van der Waals surface area contributed by atoms with Crippen molar-refractivity contribution in [3.63, 3.8) is 0 Å². The molecular formula is C22H30ClN2S+. The highest BCUT2D eigenvalue weighted by Crippen LogP contribution is 2.48. The topological polar surface area (TPSA) is 3.24 Å². The van der Waals surface area contributed by atoms with Gasteiger partial charge in [0.25, 0.3) is 0 Å². The number of para-hydroxylation sites is 1. The van der Waals surface area contributed by atoms with Crippen molar-refractivity contribution in [3.05, 3.63) is 47.5 Å². The minimum Gasteiger partial charge on any atom is -0.339 e. The lowest BCUT2D eigenvalue weighted by molar-refractivity contribution is -0.890. The highest BCUT2D eigenvalue weighted by molar-refractivity contribution is 7.99. The zero-order chi connectivity index (χ0) is 18.7. The zero-order valence-electron chi connectivity index (χ0n) is 16.3. The van der Waals surface area contributed by atoms with Crippen LogP contribution in [-0.4, -0.2) is 38.2 Å². The molecule has 2 nitrogen and oxygen atoms in total. The number of nitrogens with zero attached hydrogens (tertiary/aromatic N) is 2. The predicted octanol–water partition coefficient (Wildman–Crippen LogP) is 6.46. The van der Waals surface area contributed by atoms with E-state index < -0.39 is 0 Å². The van der Waals surface area contributed by atoms with Crippen LogP contribution in [0.5, 0.6) is 0 Å². The Balaban J connectivity index is 1.74. The fraction of sp³-hybridized carbons (Fsp3) is 0.455. The molecule has 26 heavy (non-hydrogen) atoms. The lowest BCUT2D eigenvalue weighted by Crippen LogP contribution is -2.42. The van der Waals surface area contributed by atoms with Gasteiger partial charge in [0.15, 0.2) is 0 Å². The van der Waals surface area contributed by atoms with Crippen molar-refractivity contribution in [1.82, 2.24) is 0 Å². The molecule has 0 fully saturated rings. The van der Waals surface area contributed by atoms with Crippen LogP contribution in [0.3, 0.4) is 0 Å². The molecule has 0 saturated heterocycles. The Bertz CT molecular complexity index is 758. The number of fused-ring (bicyclic) bond motifs is 2. The number of hydrogen-bond acceptors (Lipinski definition) is 2. The first-order valence-electron chi connectivity index (χ1n) is 9.52. The first-order valence-corrected chi connectivity index (χ1v) is 10.7. The van der Waals surface area contributed by atoms with E-state index in [1.807, 2.05) is 17.8 Å². The van der Waals surface area contributed by atoms with Gasteiger partial charge in [0.2, 0.25) is 0 Å². The van der Waals surface area contributed by atoms with E-state index >= 15 is 0 Å². The molecule has 3 rings (SSSR count). The summed E-state index contributed by atoms with van der Waals surface area (Å²) in [7, 11) is 4.71. The molecule has 0 saturated carbocycles. The van der Waals surface area contributed by atoms with Gasteiger partial charge in [-0.2, -0.15) is 0 Å². The Morgan fingerprint density at radius 2 is 1.73 bits per heavy atom. The van der Waals surface area contributed by atoms with Crippen LogP contribution in [0.2, 0.25) is 5.02 Å². The molecule has 0 spiro atoms. The third kappa shape index (κ3) is 4.76. The van der Waals surface area contributed by atoms with Crippen molar-refractivity contribution >= 4 is 34.7 Å². The number of hydrogen-bond donors (Lipinski definition) is 0. The normalized spacial score (nSPS) is 13.7. The second kappa shape index (κ2) is 8.24. The molecule has 1 heterocycles. The van der Waals surface area contributed by atoms with Crippen LogP contribution in [0, 0.1) is 5.92 Å². The van der Waals surface area contributed by atoms with E-state index in [-0.39, 0.29) is 0 Å². The van der Waals surface area contributed by atoms with Crippen molar-refractivity contribution in [2.45, 2.75) is 36.5 Å². The van der Waals surface area contributed by atoms with Gasteiger partial charge in [-0.3, -0.25) is 0 Å². The summed E-state index contributed by atoms with van der Waals surface area (Å²) in [6.45, 7) is 8.07. The smallest absolute Gasteiger partial charge is 0.0799 e. The van der Waals surface area contributed by atoms with Gasteiger partial charge in [-0.05, 0) is 42.7 Å². The molecule has 0 bridgehead atoms. The minimum absolute atomic E-state index is 0.771. The highest BCUT2D eigenvalue weighted by atomic mass is 35.5. The predicted molar refractivity (Wildman–Crippen MR) is 115 cm³/mol. The Labute approximate surface area is 167 Å². The summed E-state index contributed by atoms with van der Waals surface area (Å²) >= 11 is 8.15. The lowest BCUT2D eigenvalue weighted by Gasteiger charge is -2.35. The quantitative estimate of drug-likeness (QED) is 0.500. The first kappa shape index (κ1) is 19.6. The standard InChI is InChI=1S/C22H30ClN2S/c1-17(2)12-15-25(3,4)14-7-13-24-19-8-5-6-9-21(19)26-22-11-10-18(23)16-20(22)24/h5-6,8-11,16-17H,7,12-15H2,1-4H3/q+1. The maximum absolute atomic E-state index is 6.31. The van der Waals surface area contributed by atoms with Crippen molar-refractivity contribution < 1.29 is 4.48 Å². The van der Waals surface area contributed by atoms with E-state index in [1.54, 1.807) is 0 Å². The van der Waals surface area contributed by atoms with E-state index in [9.17, 15) is 0 Å². The van der Waals surface area contributed by atoms with Crippen molar-refractivity contribution in [1.29, 1.82) is 0 Å². The molecular weight excluding hydrogens is 360 g/mol. The molecule has 4 heteroatoms. The van der Waals surface area contributed by atoms with Gasteiger partial charge in [-0.25, -0.2) is 0 Å². The molecule has 0 amide bonds. The summed E-state index contributed by atoms with van der Waals surface area (Å²) < 4.78 is 1.09. The van der Waals surface area contributed by atoms with Gasteiger partial charge < -0.3 is 9.38 Å². The molecule has 0 atom stereocenters. The molecule has 2 aromatic carbocycles. The van der Waals surface area contributed by atoms with Crippen molar-refractivity contribution in [3.8, 4) is 0 Å². The number of halogens is 1. The fourth-order valence-corrected chi connectivity index (χ4v) is 4.66. The van der Waals surface area contributed by atoms with E-state index in [1.165, 1.54) is 40.7 Å². The molecule has 1 aliphatic heterocycles. The van der Waals surface area contributed by atoms with Crippen LogP contribution < -0.4 is 4.90 Å². The van der Waals surface area contributed by atoms with Crippen LogP contribution >= 0.6 is 23.4 Å². The fourth-order valence-electron chi connectivity index (χ4n) is 3.42. The Morgan fingerprint density at radius 1 is 1.00 bits per heavy atom. The summed E-state index contributed by atoms with van der Waals surface area (Å²) in [6.07, 6.45) is 2.45. The molecule has 1 aliphatic rings. The molecule has 0 unspecified atom stereocenters. The second-order valence-electron chi connectivity index (χ2n) is 8.25. The van der Waals surface area contributed by atoms with Crippen LogP contribution in [0.25, 0.3) is 0 Å². The molecule has 0 aliphatic carbocycles. The summed E-state index contributed by atoms with van der Waals surface area (Å²) in [5, 5.41) is 0.807. The summed E-state index contributed by atoms with van der Waals surface area (Å²) in [4.78, 5) is 5.08. The average Bonchev–Trinajstić information content (AvgIpc) is 2.60. The monoisotopic (exact) mass is 389 g/mol. The Kier molecular flexibility index (Phi) is 6.21. The van der Waals surface area contributed by atoms with Gasteiger partial charge >= 0.3 is 0 Å². The van der Waals surface area contributed by atoms with Crippen LogP contribution in [0.1, 0.15) is 26.7 Å². The lowest BCUT2D eigenvalue weighted by atomic mass is 10.1. The third-order valence-electron chi connectivity index (χ3n) is 5.04. The van der Waals surface area contributed by atoms with Crippen LogP contribution in [-0.2, 0) is 0 Å². The molecule has 140 valence electrons. The molecule has 0 aromatic heterocycles. The van der Waals surface area contributed by atoms with E-state index in [0.717, 1.165) is 28.4 Å². The van der Waals surface area contributed by atoms with E-state index in [0.29, 0.717) is 0 Å². The van der Waals surface area contributed by atoms with Gasteiger partial charge in [0.1, 0.15) is 0 Å². The Morgan fingerprint density at radius 3 is 2.50 bits per heavy atom. The Hall–Kier alpha value is -1.16. The maximum atomic E-state index is 6.31. The largest absolute Gasteiger partial charge is 0.339 e. The zero-order valence-corrected chi connectivity index (χ0v) is 17.9. The summed E-state index contributed by atoms with van der Waals surface area (Å²) in [6, 6.07) is 14.9.